The molecule has 0 bridgehead atoms. The molecule has 0 saturated carbocycles. The van der Waals surface area contributed by atoms with Crippen molar-refractivity contribution in [1.82, 2.24) is 15.3 Å². The first-order valence-electron chi connectivity index (χ1n) is 12.9. The predicted molar refractivity (Wildman–Crippen MR) is 150 cm³/mol. The van der Waals surface area contributed by atoms with Crippen LogP contribution in [0.2, 0.25) is 0 Å². The lowest BCUT2D eigenvalue weighted by atomic mass is 9.94. The molecule has 2 aromatic carbocycles. The molecule has 4 N–H and O–H groups in total. The number of aromatic hydroxyl groups is 1. The van der Waals surface area contributed by atoms with Gasteiger partial charge in [-0.25, -0.2) is 9.59 Å². The first kappa shape index (κ1) is 36.0. The van der Waals surface area contributed by atoms with Gasteiger partial charge in [0.15, 0.2) is 0 Å². The quantitative estimate of drug-likeness (QED) is 0.174. The van der Waals surface area contributed by atoms with E-state index in [2.05, 4.69) is 15.3 Å². The summed E-state index contributed by atoms with van der Waals surface area (Å²) in [6.07, 6.45) is -6.34. The van der Waals surface area contributed by atoms with Crippen LogP contribution >= 0.6 is 0 Å². The van der Waals surface area contributed by atoms with Gasteiger partial charge in [-0.15, -0.1) is 0 Å². The molecule has 0 radical (unpaired) electrons. The Morgan fingerprint density at radius 3 is 1.82 bits per heavy atom. The highest BCUT2D eigenvalue weighted by Gasteiger charge is 2.38. The molecule has 240 valence electrons. The monoisotopic (exact) mass is 639 g/mol. The lowest BCUT2D eigenvalue weighted by molar-refractivity contribution is -0.193. The van der Waals surface area contributed by atoms with Crippen molar-refractivity contribution in [3.8, 4) is 17.0 Å². The van der Waals surface area contributed by atoms with Crippen molar-refractivity contribution in [3.63, 3.8) is 0 Å². The summed E-state index contributed by atoms with van der Waals surface area (Å²) in [5, 5.41) is 29.2. The fourth-order valence-corrected chi connectivity index (χ4v) is 3.69. The number of nitrogens with one attached hydrogen (secondary N) is 1. The number of carboxylic acids is 2. The Bertz CT molecular complexity index is 1570. The number of benzene rings is 2. The van der Waals surface area contributed by atoms with Crippen molar-refractivity contribution < 1.29 is 56.0 Å². The van der Waals surface area contributed by atoms with E-state index in [0.29, 0.717) is 17.5 Å². The number of hydrogen-bond donors (Lipinski definition) is 4. The van der Waals surface area contributed by atoms with E-state index in [9.17, 15) is 36.2 Å². The molecule has 2 aromatic heterocycles. The highest BCUT2D eigenvalue weighted by molar-refractivity contribution is 5.86. The maximum atomic E-state index is 12.7. The first-order chi connectivity index (χ1) is 20.9. The van der Waals surface area contributed by atoms with Crippen molar-refractivity contribution in [2.24, 2.45) is 5.92 Å². The molecule has 4 rings (SSSR count). The van der Waals surface area contributed by atoms with Gasteiger partial charge in [0.1, 0.15) is 11.3 Å². The SMILES string of the molecule is CC(C)CC(=O)NC(c1ccc(-c2ccccn2)cc1)c1ccc2cccnc2c1O.O=C(O)C(F)(F)F.O=C(O)C(F)(F)F. The van der Waals surface area contributed by atoms with Crippen LogP contribution in [0.25, 0.3) is 22.2 Å². The molecule has 0 saturated heterocycles. The number of carbonyl (C=O) groups excluding carboxylic acids is 1. The van der Waals surface area contributed by atoms with Crippen LogP contribution in [0.1, 0.15) is 37.4 Å². The Hall–Kier alpha value is -5.21. The summed E-state index contributed by atoms with van der Waals surface area (Å²) in [5.41, 5.74) is 3.89. The van der Waals surface area contributed by atoms with Gasteiger partial charge in [0.05, 0.1) is 11.7 Å². The second-order valence-electron chi connectivity index (χ2n) is 9.62. The van der Waals surface area contributed by atoms with Gasteiger partial charge < -0.3 is 20.6 Å². The van der Waals surface area contributed by atoms with Gasteiger partial charge in [0.25, 0.3) is 0 Å². The van der Waals surface area contributed by atoms with Gasteiger partial charge in [0, 0.05) is 35.3 Å². The molecule has 45 heavy (non-hydrogen) atoms. The normalized spacial score (nSPS) is 11.8. The summed E-state index contributed by atoms with van der Waals surface area (Å²) < 4.78 is 63.5. The molecule has 9 nitrogen and oxygen atoms in total. The Balaban J connectivity index is 0.000000421. The zero-order chi connectivity index (χ0) is 33.9. The van der Waals surface area contributed by atoms with Crippen LogP contribution in [0.15, 0.2) is 79.1 Å². The number of carboxylic acid groups (broad SMARTS) is 2. The van der Waals surface area contributed by atoms with Crippen LogP contribution in [0.5, 0.6) is 5.75 Å². The number of rotatable bonds is 6. The number of pyridine rings is 2. The number of carbonyl (C=O) groups is 3. The summed E-state index contributed by atoms with van der Waals surface area (Å²) in [7, 11) is 0. The topological polar surface area (TPSA) is 150 Å². The zero-order valence-corrected chi connectivity index (χ0v) is 23.6. The summed E-state index contributed by atoms with van der Waals surface area (Å²) in [4.78, 5) is 39.2. The van der Waals surface area contributed by atoms with E-state index in [-0.39, 0.29) is 17.6 Å². The zero-order valence-electron chi connectivity index (χ0n) is 23.6. The van der Waals surface area contributed by atoms with Crippen LogP contribution < -0.4 is 5.32 Å². The fraction of sp³-hybridized carbons (Fsp3) is 0.233. The number of amides is 1. The number of phenols is 1. The van der Waals surface area contributed by atoms with Crippen LogP contribution in [0.3, 0.4) is 0 Å². The van der Waals surface area contributed by atoms with Crippen LogP contribution in [0.4, 0.5) is 26.3 Å². The summed E-state index contributed by atoms with van der Waals surface area (Å²) in [6.45, 7) is 4.02. The molecule has 4 aromatic rings. The summed E-state index contributed by atoms with van der Waals surface area (Å²) in [6, 6.07) is 20.7. The van der Waals surface area contributed by atoms with E-state index < -0.39 is 30.3 Å². The Morgan fingerprint density at radius 1 is 0.778 bits per heavy atom. The highest BCUT2D eigenvalue weighted by Crippen LogP contribution is 2.35. The molecule has 0 fully saturated rings. The molecule has 0 aliphatic rings. The Morgan fingerprint density at radius 2 is 1.33 bits per heavy atom. The average Bonchev–Trinajstić information content (AvgIpc) is 2.96. The third kappa shape index (κ3) is 11.1. The Labute approximate surface area is 252 Å². The van der Waals surface area contributed by atoms with E-state index in [4.69, 9.17) is 19.8 Å². The molecule has 0 aliphatic heterocycles. The number of phenolic OH excluding ortho intramolecular Hbond substituents is 1. The minimum absolute atomic E-state index is 0.0608. The molecular weight excluding hydrogens is 612 g/mol. The first-order valence-corrected chi connectivity index (χ1v) is 12.9. The molecule has 0 spiro atoms. The third-order valence-corrected chi connectivity index (χ3v) is 5.68. The second kappa shape index (κ2) is 15.5. The number of nitrogens with zero attached hydrogens (tertiary/aromatic N) is 2. The van der Waals surface area contributed by atoms with Gasteiger partial charge >= 0.3 is 24.3 Å². The van der Waals surface area contributed by atoms with Crippen molar-refractivity contribution in [2.45, 2.75) is 38.7 Å². The summed E-state index contributed by atoms with van der Waals surface area (Å²) in [5.74, 6) is -5.25. The lowest BCUT2D eigenvalue weighted by Gasteiger charge is -2.22. The van der Waals surface area contributed by atoms with Crippen LogP contribution in [-0.4, -0.2) is 55.5 Å². The Kier molecular flexibility index (Phi) is 12.4. The number of alkyl halides is 6. The van der Waals surface area contributed by atoms with E-state index in [1.807, 2.05) is 80.6 Å². The maximum absolute atomic E-state index is 12.7. The van der Waals surface area contributed by atoms with Gasteiger partial charge in [-0.2, -0.15) is 26.3 Å². The predicted octanol–water partition coefficient (Wildman–Crippen LogP) is 6.52. The van der Waals surface area contributed by atoms with Gasteiger partial charge in [-0.05, 0) is 29.7 Å². The molecule has 1 unspecified atom stereocenters. The molecular formula is C30H27F6N3O6. The molecule has 0 aliphatic carbocycles. The van der Waals surface area contributed by atoms with Crippen molar-refractivity contribution in [2.75, 3.05) is 0 Å². The minimum Gasteiger partial charge on any atom is -0.505 e. The standard InChI is InChI=1S/C26H25N3O2.2C2HF3O2/c1-17(2)16-23(30)29-24(21-13-12-19-6-5-15-28-25(19)26(21)31)20-10-8-18(9-11-20)22-7-3-4-14-27-22;2*3-2(4,5)1(6)7/h3-15,17,24,31H,16H2,1-2H3,(H,29,30);2*(H,6,7). The number of hydrogen-bond acceptors (Lipinski definition) is 6. The summed E-state index contributed by atoms with van der Waals surface area (Å²) >= 11 is 0. The highest BCUT2D eigenvalue weighted by atomic mass is 19.4. The van der Waals surface area contributed by atoms with Crippen molar-refractivity contribution in [1.29, 1.82) is 0 Å². The van der Waals surface area contributed by atoms with Crippen LogP contribution in [-0.2, 0) is 14.4 Å². The lowest BCUT2D eigenvalue weighted by Crippen LogP contribution is -2.30. The molecule has 1 atom stereocenters. The number of aliphatic carboxylic acids is 2. The van der Waals surface area contributed by atoms with E-state index >= 15 is 0 Å². The maximum Gasteiger partial charge on any atom is 0.490 e. The molecule has 2 heterocycles. The average molecular weight is 640 g/mol. The smallest absolute Gasteiger partial charge is 0.490 e. The van der Waals surface area contributed by atoms with Crippen LogP contribution in [0, 0.1) is 5.92 Å². The number of fused-ring (bicyclic) bond motifs is 1. The van der Waals surface area contributed by atoms with Gasteiger partial charge in [-0.3, -0.25) is 14.8 Å². The van der Waals surface area contributed by atoms with E-state index in [1.165, 1.54) is 0 Å². The third-order valence-electron chi connectivity index (χ3n) is 5.68. The minimum atomic E-state index is -5.08. The van der Waals surface area contributed by atoms with Gasteiger partial charge in [-0.1, -0.05) is 62.4 Å². The largest absolute Gasteiger partial charge is 0.505 e. The second-order valence-corrected chi connectivity index (χ2v) is 9.62. The molecule has 1 amide bonds. The van der Waals surface area contributed by atoms with E-state index in [1.54, 1.807) is 12.4 Å². The van der Waals surface area contributed by atoms with Crippen molar-refractivity contribution in [3.05, 3.63) is 90.3 Å². The number of aromatic nitrogens is 2. The number of halogens is 6. The van der Waals surface area contributed by atoms with Crippen molar-refractivity contribution >= 4 is 28.7 Å². The molecule has 15 heteroatoms. The fourth-order valence-electron chi connectivity index (χ4n) is 3.69. The van der Waals surface area contributed by atoms with Gasteiger partial charge in [0.2, 0.25) is 5.91 Å². The van der Waals surface area contributed by atoms with E-state index in [0.717, 1.165) is 22.2 Å².